The van der Waals surface area contributed by atoms with E-state index >= 15 is 0 Å². The molecule has 3 heteroatoms. The Labute approximate surface area is 118 Å². The SMILES string of the molecule is O=C(CCCCBr)NC1CC2CC1C1CCCC21. The zero-order valence-electron chi connectivity index (χ0n) is 11.0. The van der Waals surface area contributed by atoms with Gasteiger partial charge in [0.05, 0.1) is 0 Å². The number of nitrogens with one attached hydrogen (secondary N) is 1. The Kier molecular flexibility index (Phi) is 3.97. The summed E-state index contributed by atoms with van der Waals surface area (Å²) in [6.45, 7) is 0. The lowest BCUT2D eigenvalue weighted by Crippen LogP contribution is -2.42. The number of rotatable bonds is 5. The smallest absolute Gasteiger partial charge is 0.220 e. The van der Waals surface area contributed by atoms with Crippen LogP contribution in [0.2, 0.25) is 0 Å². The van der Waals surface area contributed by atoms with Gasteiger partial charge in [-0.3, -0.25) is 4.79 Å². The molecule has 1 N–H and O–H groups in total. The molecule has 18 heavy (non-hydrogen) atoms. The monoisotopic (exact) mass is 313 g/mol. The van der Waals surface area contributed by atoms with Crippen LogP contribution in [0, 0.1) is 23.7 Å². The van der Waals surface area contributed by atoms with E-state index < -0.39 is 0 Å². The fourth-order valence-electron chi connectivity index (χ4n) is 4.89. The number of hydrogen-bond acceptors (Lipinski definition) is 1. The van der Waals surface area contributed by atoms with Gasteiger partial charge in [-0.25, -0.2) is 0 Å². The molecule has 3 rings (SSSR count). The Balaban J connectivity index is 1.49. The van der Waals surface area contributed by atoms with Crippen molar-refractivity contribution < 1.29 is 4.79 Å². The summed E-state index contributed by atoms with van der Waals surface area (Å²) < 4.78 is 0. The van der Waals surface area contributed by atoms with E-state index in [1.165, 1.54) is 32.1 Å². The van der Waals surface area contributed by atoms with Crippen molar-refractivity contribution in [3.05, 3.63) is 0 Å². The third kappa shape index (κ3) is 2.35. The molecule has 0 saturated heterocycles. The van der Waals surface area contributed by atoms with E-state index in [1.54, 1.807) is 0 Å². The van der Waals surface area contributed by atoms with Gasteiger partial charge < -0.3 is 5.32 Å². The fourth-order valence-corrected chi connectivity index (χ4v) is 5.29. The summed E-state index contributed by atoms with van der Waals surface area (Å²) in [6, 6.07) is 0.519. The standard InChI is InChI=1S/C15H24BrNO/c16-7-2-1-6-15(18)17-14-9-10-8-13(14)12-5-3-4-11(10)12/h10-14H,1-9H2,(H,17,18). The van der Waals surface area contributed by atoms with Crippen LogP contribution in [0.1, 0.15) is 51.4 Å². The van der Waals surface area contributed by atoms with Gasteiger partial charge in [0.1, 0.15) is 0 Å². The number of halogens is 1. The van der Waals surface area contributed by atoms with Crippen LogP contribution in [0.3, 0.4) is 0 Å². The quantitative estimate of drug-likeness (QED) is 0.611. The predicted octanol–water partition coefficient (Wildman–Crippen LogP) is 3.49. The first-order valence-electron chi connectivity index (χ1n) is 7.65. The molecule has 0 radical (unpaired) electrons. The third-order valence-corrected chi connectivity index (χ3v) is 6.12. The van der Waals surface area contributed by atoms with E-state index in [0.29, 0.717) is 18.4 Å². The highest BCUT2D eigenvalue weighted by Crippen LogP contribution is 2.58. The summed E-state index contributed by atoms with van der Waals surface area (Å²) in [5.41, 5.74) is 0. The molecule has 3 fully saturated rings. The average Bonchev–Trinajstić information content (AvgIpc) is 3.00. The molecule has 5 atom stereocenters. The van der Waals surface area contributed by atoms with Crippen molar-refractivity contribution in [1.82, 2.24) is 5.32 Å². The first kappa shape index (κ1) is 13.0. The van der Waals surface area contributed by atoms with Gasteiger partial charge in [0.15, 0.2) is 0 Å². The predicted molar refractivity (Wildman–Crippen MR) is 76.6 cm³/mol. The Hall–Kier alpha value is -0.0500. The number of alkyl halides is 1. The van der Waals surface area contributed by atoms with Crippen LogP contribution in [-0.4, -0.2) is 17.3 Å². The van der Waals surface area contributed by atoms with E-state index in [0.717, 1.165) is 41.8 Å². The third-order valence-electron chi connectivity index (χ3n) is 5.56. The second-order valence-corrected chi connectivity index (χ2v) is 7.27. The van der Waals surface area contributed by atoms with Gasteiger partial charge in [-0.15, -0.1) is 0 Å². The normalized spacial score (nSPS) is 41.1. The van der Waals surface area contributed by atoms with Gasteiger partial charge in [0.2, 0.25) is 5.91 Å². The molecule has 0 spiro atoms. The van der Waals surface area contributed by atoms with Gasteiger partial charge in [-0.1, -0.05) is 22.4 Å². The topological polar surface area (TPSA) is 29.1 Å². The largest absolute Gasteiger partial charge is 0.353 e. The van der Waals surface area contributed by atoms with Crippen LogP contribution in [0.25, 0.3) is 0 Å². The molecule has 0 aromatic rings. The van der Waals surface area contributed by atoms with Crippen LogP contribution < -0.4 is 5.32 Å². The molecule has 0 heterocycles. The molecule has 0 aromatic heterocycles. The first-order chi connectivity index (χ1) is 8.79. The lowest BCUT2D eigenvalue weighted by Gasteiger charge is -2.32. The zero-order chi connectivity index (χ0) is 12.5. The highest BCUT2D eigenvalue weighted by atomic mass is 79.9. The maximum Gasteiger partial charge on any atom is 0.220 e. The summed E-state index contributed by atoms with van der Waals surface area (Å²) in [7, 11) is 0. The van der Waals surface area contributed by atoms with Crippen LogP contribution in [0.15, 0.2) is 0 Å². The summed E-state index contributed by atoms with van der Waals surface area (Å²) >= 11 is 3.41. The molecule has 2 nitrogen and oxygen atoms in total. The molecular weight excluding hydrogens is 290 g/mol. The minimum atomic E-state index is 0.294. The second-order valence-electron chi connectivity index (χ2n) is 6.47. The number of carbonyl (C=O) groups is 1. The van der Waals surface area contributed by atoms with Crippen molar-refractivity contribution in [3.63, 3.8) is 0 Å². The van der Waals surface area contributed by atoms with Crippen LogP contribution in [-0.2, 0) is 4.79 Å². The Morgan fingerprint density at radius 2 is 1.94 bits per heavy atom. The molecule has 3 aliphatic carbocycles. The van der Waals surface area contributed by atoms with E-state index in [4.69, 9.17) is 0 Å². The van der Waals surface area contributed by atoms with Crippen molar-refractivity contribution >= 4 is 21.8 Å². The van der Waals surface area contributed by atoms with Crippen molar-refractivity contribution in [2.75, 3.05) is 5.33 Å². The minimum absolute atomic E-state index is 0.294. The summed E-state index contributed by atoms with van der Waals surface area (Å²) in [6.07, 6.45) is 9.86. The Morgan fingerprint density at radius 1 is 1.11 bits per heavy atom. The van der Waals surface area contributed by atoms with Gasteiger partial charge >= 0.3 is 0 Å². The number of carbonyl (C=O) groups excluding carboxylic acids is 1. The summed E-state index contributed by atoms with van der Waals surface area (Å²) in [5, 5.41) is 4.34. The van der Waals surface area contributed by atoms with E-state index in [1.807, 2.05) is 0 Å². The number of unbranched alkanes of at least 4 members (excludes halogenated alkanes) is 1. The highest BCUT2D eigenvalue weighted by molar-refractivity contribution is 9.09. The molecule has 2 bridgehead atoms. The van der Waals surface area contributed by atoms with E-state index in [9.17, 15) is 4.79 Å². The first-order valence-corrected chi connectivity index (χ1v) is 8.77. The van der Waals surface area contributed by atoms with Crippen molar-refractivity contribution in [1.29, 1.82) is 0 Å². The average molecular weight is 314 g/mol. The molecule has 1 amide bonds. The lowest BCUT2D eigenvalue weighted by atomic mass is 9.79. The lowest BCUT2D eigenvalue weighted by molar-refractivity contribution is -0.122. The van der Waals surface area contributed by atoms with Crippen molar-refractivity contribution in [2.45, 2.75) is 57.4 Å². The molecule has 102 valence electrons. The molecule has 0 aromatic carbocycles. The minimum Gasteiger partial charge on any atom is -0.353 e. The van der Waals surface area contributed by atoms with Gasteiger partial charge in [-0.2, -0.15) is 0 Å². The number of fused-ring (bicyclic) bond motifs is 5. The zero-order valence-corrected chi connectivity index (χ0v) is 12.6. The van der Waals surface area contributed by atoms with E-state index in [-0.39, 0.29) is 0 Å². The van der Waals surface area contributed by atoms with Gasteiger partial charge in [-0.05, 0) is 62.2 Å². The fraction of sp³-hybridized carbons (Fsp3) is 0.933. The highest BCUT2D eigenvalue weighted by Gasteiger charge is 2.53. The van der Waals surface area contributed by atoms with Crippen LogP contribution >= 0.6 is 15.9 Å². The molecular formula is C15H24BrNO. The number of amides is 1. The van der Waals surface area contributed by atoms with Gasteiger partial charge in [0.25, 0.3) is 0 Å². The second kappa shape index (κ2) is 5.52. The van der Waals surface area contributed by atoms with E-state index in [2.05, 4.69) is 21.2 Å². The molecule has 5 unspecified atom stereocenters. The van der Waals surface area contributed by atoms with Crippen molar-refractivity contribution in [2.24, 2.45) is 23.7 Å². The summed E-state index contributed by atoms with van der Waals surface area (Å²) in [4.78, 5) is 11.9. The molecule has 3 saturated carbocycles. The Bertz CT molecular complexity index is 320. The van der Waals surface area contributed by atoms with Crippen molar-refractivity contribution in [3.8, 4) is 0 Å². The maximum absolute atomic E-state index is 11.9. The maximum atomic E-state index is 11.9. The molecule has 0 aliphatic heterocycles. The molecule has 3 aliphatic rings. The van der Waals surface area contributed by atoms with Crippen LogP contribution in [0.4, 0.5) is 0 Å². The van der Waals surface area contributed by atoms with Crippen LogP contribution in [0.5, 0.6) is 0 Å². The summed E-state index contributed by atoms with van der Waals surface area (Å²) in [5.74, 6) is 4.04. The Morgan fingerprint density at radius 3 is 2.78 bits per heavy atom. The van der Waals surface area contributed by atoms with Gasteiger partial charge in [0, 0.05) is 17.8 Å². The number of hydrogen-bond donors (Lipinski definition) is 1.